The van der Waals surface area contributed by atoms with Crippen LogP contribution in [0.15, 0.2) is 40.4 Å². The molecule has 7 heteroatoms. The van der Waals surface area contributed by atoms with Crippen LogP contribution in [0.4, 0.5) is 0 Å². The van der Waals surface area contributed by atoms with Crippen molar-refractivity contribution in [2.75, 3.05) is 0 Å². The summed E-state index contributed by atoms with van der Waals surface area (Å²) in [6.45, 7) is 0. The molecule has 1 atom stereocenters. The van der Waals surface area contributed by atoms with Crippen LogP contribution in [0.5, 0.6) is 0 Å². The van der Waals surface area contributed by atoms with Gasteiger partial charge in [-0.1, -0.05) is 23.4 Å². The first-order valence-corrected chi connectivity index (χ1v) is 7.07. The van der Waals surface area contributed by atoms with E-state index in [0.717, 1.165) is 12.8 Å². The SMILES string of the molecule is NC(=NO)C(NS(=O)(=O)c1ccccc1)C1CC1. The number of sulfonamides is 1. The highest BCUT2D eigenvalue weighted by Gasteiger charge is 2.37. The van der Waals surface area contributed by atoms with Gasteiger partial charge in [-0.15, -0.1) is 0 Å². The Morgan fingerprint density at radius 3 is 2.50 bits per heavy atom. The molecular weight excluding hydrogens is 254 g/mol. The van der Waals surface area contributed by atoms with Crippen molar-refractivity contribution in [1.29, 1.82) is 0 Å². The molecule has 0 bridgehead atoms. The van der Waals surface area contributed by atoms with Crippen molar-refractivity contribution in [3.8, 4) is 0 Å². The molecular formula is C11H15N3O3S. The van der Waals surface area contributed by atoms with Gasteiger partial charge in [-0.05, 0) is 30.9 Å². The lowest BCUT2D eigenvalue weighted by molar-refractivity contribution is 0.314. The smallest absolute Gasteiger partial charge is 0.241 e. The first kappa shape index (κ1) is 12.8. The number of nitrogens with one attached hydrogen (secondary N) is 1. The average Bonchev–Trinajstić information content (AvgIpc) is 3.20. The van der Waals surface area contributed by atoms with E-state index in [4.69, 9.17) is 10.9 Å². The van der Waals surface area contributed by atoms with Crippen molar-refractivity contribution < 1.29 is 13.6 Å². The zero-order chi connectivity index (χ0) is 13.2. The highest BCUT2D eigenvalue weighted by atomic mass is 32.2. The number of hydrogen-bond donors (Lipinski definition) is 3. The Hall–Kier alpha value is -1.60. The molecule has 1 aliphatic rings. The molecule has 1 saturated carbocycles. The summed E-state index contributed by atoms with van der Waals surface area (Å²) in [5.41, 5.74) is 5.52. The molecule has 0 spiro atoms. The minimum Gasteiger partial charge on any atom is -0.409 e. The molecule has 0 saturated heterocycles. The average molecular weight is 269 g/mol. The van der Waals surface area contributed by atoms with Crippen molar-refractivity contribution in [2.24, 2.45) is 16.8 Å². The highest BCUT2D eigenvalue weighted by molar-refractivity contribution is 7.89. The molecule has 98 valence electrons. The van der Waals surface area contributed by atoms with E-state index in [1.165, 1.54) is 12.1 Å². The molecule has 0 heterocycles. The fourth-order valence-electron chi connectivity index (χ4n) is 1.72. The summed E-state index contributed by atoms with van der Waals surface area (Å²) in [5.74, 6) is 0.0105. The van der Waals surface area contributed by atoms with E-state index in [2.05, 4.69) is 9.88 Å². The fourth-order valence-corrected chi connectivity index (χ4v) is 3.02. The van der Waals surface area contributed by atoms with Crippen LogP contribution in [0.2, 0.25) is 0 Å². The number of benzene rings is 1. The zero-order valence-electron chi connectivity index (χ0n) is 9.65. The summed E-state index contributed by atoms with van der Waals surface area (Å²) >= 11 is 0. The molecule has 0 aromatic heterocycles. The second-order valence-electron chi connectivity index (χ2n) is 4.27. The minimum atomic E-state index is -3.64. The number of nitrogens with two attached hydrogens (primary N) is 1. The van der Waals surface area contributed by atoms with Gasteiger partial charge in [-0.3, -0.25) is 0 Å². The Kier molecular flexibility index (Phi) is 3.53. The molecule has 0 amide bonds. The molecule has 1 aromatic carbocycles. The lowest BCUT2D eigenvalue weighted by Gasteiger charge is -2.16. The lowest BCUT2D eigenvalue weighted by atomic mass is 10.2. The molecule has 18 heavy (non-hydrogen) atoms. The number of hydrogen-bond acceptors (Lipinski definition) is 4. The van der Waals surface area contributed by atoms with Gasteiger partial charge in [0.05, 0.1) is 10.9 Å². The fraction of sp³-hybridized carbons (Fsp3) is 0.364. The summed E-state index contributed by atoms with van der Waals surface area (Å²) in [6.07, 6.45) is 1.75. The van der Waals surface area contributed by atoms with Gasteiger partial charge in [-0.2, -0.15) is 0 Å². The molecule has 4 N–H and O–H groups in total. The highest BCUT2D eigenvalue weighted by Crippen LogP contribution is 2.33. The molecule has 2 rings (SSSR count). The van der Waals surface area contributed by atoms with E-state index in [1.807, 2.05) is 0 Å². The van der Waals surface area contributed by atoms with Gasteiger partial charge in [0.25, 0.3) is 0 Å². The summed E-state index contributed by atoms with van der Waals surface area (Å²) < 4.78 is 26.7. The van der Waals surface area contributed by atoms with E-state index >= 15 is 0 Å². The van der Waals surface area contributed by atoms with E-state index in [-0.39, 0.29) is 16.6 Å². The minimum absolute atomic E-state index is 0.1000. The molecule has 1 fully saturated rings. The van der Waals surface area contributed by atoms with Gasteiger partial charge >= 0.3 is 0 Å². The van der Waals surface area contributed by atoms with Crippen molar-refractivity contribution in [1.82, 2.24) is 4.72 Å². The van der Waals surface area contributed by atoms with Crippen LogP contribution >= 0.6 is 0 Å². The Balaban J connectivity index is 2.21. The number of oxime groups is 1. The van der Waals surface area contributed by atoms with Gasteiger partial charge in [0.2, 0.25) is 10.0 Å². The van der Waals surface area contributed by atoms with Crippen LogP contribution < -0.4 is 10.5 Å². The van der Waals surface area contributed by atoms with Crippen LogP contribution in [0.25, 0.3) is 0 Å². The van der Waals surface area contributed by atoms with Crippen LogP contribution in [0, 0.1) is 5.92 Å². The third-order valence-corrected chi connectivity index (χ3v) is 4.32. The van der Waals surface area contributed by atoms with Gasteiger partial charge in [0.15, 0.2) is 5.84 Å². The van der Waals surface area contributed by atoms with Gasteiger partial charge in [-0.25, -0.2) is 13.1 Å². The van der Waals surface area contributed by atoms with Crippen LogP contribution in [0.3, 0.4) is 0 Å². The predicted octanol–water partition coefficient (Wildman–Crippen LogP) is 0.490. The van der Waals surface area contributed by atoms with Gasteiger partial charge in [0, 0.05) is 0 Å². The predicted molar refractivity (Wildman–Crippen MR) is 66.7 cm³/mol. The molecule has 0 radical (unpaired) electrons. The number of nitrogens with zero attached hydrogens (tertiary/aromatic N) is 1. The monoisotopic (exact) mass is 269 g/mol. The molecule has 0 aliphatic heterocycles. The quantitative estimate of drug-likeness (QED) is 0.313. The first-order valence-electron chi connectivity index (χ1n) is 5.59. The second-order valence-corrected chi connectivity index (χ2v) is 5.99. The molecule has 6 nitrogen and oxygen atoms in total. The maximum atomic E-state index is 12.1. The number of amidine groups is 1. The normalized spacial score (nSPS) is 18.6. The Labute approximate surface area is 106 Å². The van der Waals surface area contributed by atoms with Gasteiger partial charge in [0.1, 0.15) is 0 Å². The van der Waals surface area contributed by atoms with E-state index in [9.17, 15) is 8.42 Å². The van der Waals surface area contributed by atoms with Crippen LogP contribution in [-0.4, -0.2) is 25.5 Å². The largest absolute Gasteiger partial charge is 0.409 e. The van der Waals surface area contributed by atoms with E-state index < -0.39 is 16.1 Å². The summed E-state index contributed by atoms with van der Waals surface area (Å²) in [7, 11) is -3.64. The van der Waals surface area contributed by atoms with Crippen molar-refractivity contribution >= 4 is 15.9 Å². The summed E-state index contributed by atoms with van der Waals surface area (Å²) in [4.78, 5) is 0.168. The van der Waals surface area contributed by atoms with Crippen LogP contribution in [-0.2, 0) is 10.0 Å². The van der Waals surface area contributed by atoms with E-state index in [0.29, 0.717) is 0 Å². The Bertz CT molecular complexity index is 538. The maximum Gasteiger partial charge on any atom is 0.241 e. The third-order valence-electron chi connectivity index (χ3n) is 2.86. The Morgan fingerprint density at radius 1 is 1.39 bits per heavy atom. The molecule has 1 unspecified atom stereocenters. The second kappa shape index (κ2) is 4.95. The van der Waals surface area contributed by atoms with E-state index in [1.54, 1.807) is 18.2 Å². The molecule has 1 aromatic rings. The first-order chi connectivity index (χ1) is 8.54. The topological polar surface area (TPSA) is 105 Å². The standard InChI is InChI=1S/C11H15N3O3S/c12-11(13-15)10(8-6-7-8)14-18(16,17)9-4-2-1-3-5-9/h1-5,8,10,14-15H,6-7H2,(H2,12,13). The lowest BCUT2D eigenvalue weighted by Crippen LogP contribution is -2.45. The van der Waals surface area contributed by atoms with Crippen molar-refractivity contribution in [3.05, 3.63) is 30.3 Å². The Morgan fingerprint density at radius 2 is 2.00 bits per heavy atom. The summed E-state index contributed by atoms with van der Waals surface area (Å²) in [6, 6.07) is 7.38. The van der Waals surface area contributed by atoms with Crippen molar-refractivity contribution in [2.45, 2.75) is 23.8 Å². The zero-order valence-corrected chi connectivity index (χ0v) is 10.5. The summed E-state index contributed by atoms with van der Waals surface area (Å²) in [5, 5.41) is 11.6. The van der Waals surface area contributed by atoms with Crippen LogP contribution in [0.1, 0.15) is 12.8 Å². The third kappa shape index (κ3) is 2.80. The van der Waals surface area contributed by atoms with Crippen molar-refractivity contribution in [3.63, 3.8) is 0 Å². The number of rotatable bonds is 5. The van der Waals surface area contributed by atoms with Gasteiger partial charge < -0.3 is 10.9 Å². The molecule has 1 aliphatic carbocycles. The maximum absolute atomic E-state index is 12.1.